The number of ether oxygens (including phenoxy) is 1. The molecule has 16 heavy (non-hydrogen) atoms. The number of nitrogens with zero attached hydrogens (tertiary/aromatic N) is 3. The molecule has 0 radical (unpaired) electrons. The van der Waals surface area contributed by atoms with Gasteiger partial charge in [-0.25, -0.2) is 4.98 Å². The molecule has 0 bridgehead atoms. The van der Waals surface area contributed by atoms with E-state index >= 15 is 0 Å². The van der Waals surface area contributed by atoms with E-state index in [9.17, 15) is 10.1 Å². The SMILES string of the molecule is O=[N+]([O-])c1cnc(N2CCOCC2)c(Cl)c1. The maximum absolute atomic E-state index is 10.5. The van der Waals surface area contributed by atoms with Gasteiger partial charge in [-0.2, -0.15) is 0 Å². The zero-order valence-corrected chi connectivity index (χ0v) is 9.18. The summed E-state index contributed by atoms with van der Waals surface area (Å²) in [7, 11) is 0. The van der Waals surface area contributed by atoms with E-state index in [4.69, 9.17) is 16.3 Å². The van der Waals surface area contributed by atoms with Crippen molar-refractivity contribution in [2.24, 2.45) is 0 Å². The van der Waals surface area contributed by atoms with E-state index in [0.29, 0.717) is 37.1 Å². The van der Waals surface area contributed by atoms with Gasteiger partial charge >= 0.3 is 0 Å². The number of rotatable bonds is 2. The standard InChI is InChI=1S/C9H10ClN3O3/c10-8-5-7(13(14)15)6-11-9(8)12-1-3-16-4-2-12/h5-6H,1-4H2. The normalized spacial score (nSPS) is 16.2. The molecule has 0 amide bonds. The molecule has 2 heterocycles. The molecular weight excluding hydrogens is 234 g/mol. The van der Waals surface area contributed by atoms with Crippen LogP contribution in [-0.2, 0) is 4.74 Å². The fourth-order valence-electron chi connectivity index (χ4n) is 1.53. The molecule has 0 aromatic carbocycles. The van der Waals surface area contributed by atoms with Gasteiger partial charge in [0, 0.05) is 19.2 Å². The van der Waals surface area contributed by atoms with Crippen LogP contribution < -0.4 is 4.90 Å². The third-order valence-corrected chi connectivity index (χ3v) is 2.61. The monoisotopic (exact) mass is 243 g/mol. The third-order valence-electron chi connectivity index (χ3n) is 2.33. The Kier molecular flexibility index (Phi) is 3.21. The Bertz CT molecular complexity index is 407. The summed E-state index contributed by atoms with van der Waals surface area (Å²) in [4.78, 5) is 16.0. The molecule has 0 aliphatic carbocycles. The van der Waals surface area contributed by atoms with E-state index in [1.54, 1.807) is 0 Å². The number of hydrogen-bond donors (Lipinski definition) is 0. The lowest BCUT2D eigenvalue weighted by atomic mass is 10.3. The Hall–Kier alpha value is -1.40. The average molecular weight is 244 g/mol. The second-order valence-corrected chi connectivity index (χ2v) is 3.76. The van der Waals surface area contributed by atoms with Gasteiger partial charge in [0.15, 0.2) is 0 Å². The summed E-state index contributed by atoms with van der Waals surface area (Å²) < 4.78 is 5.20. The molecule has 1 aliphatic heterocycles. The van der Waals surface area contributed by atoms with Gasteiger partial charge < -0.3 is 9.64 Å². The lowest BCUT2D eigenvalue weighted by Crippen LogP contribution is -2.36. The summed E-state index contributed by atoms with van der Waals surface area (Å²) in [5, 5.41) is 10.8. The lowest BCUT2D eigenvalue weighted by Gasteiger charge is -2.28. The van der Waals surface area contributed by atoms with Crippen molar-refractivity contribution < 1.29 is 9.66 Å². The van der Waals surface area contributed by atoms with Crippen molar-refractivity contribution >= 4 is 23.1 Å². The number of halogens is 1. The maximum atomic E-state index is 10.5. The Morgan fingerprint density at radius 2 is 2.19 bits per heavy atom. The van der Waals surface area contributed by atoms with Crippen LogP contribution in [0.1, 0.15) is 0 Å². The van der Waals surface area contributed by atoms with E-state index in [2.05, 4.69) is 4.98 Å². The highest BCUT2D eigenvalue weighted by Crippen LogP contribution is 2.27. The Morgan fingerprint density at radius 1 is 1.50 bits per heavy atom. The van der Waals surface area contributed by atoms with Gasteiger partial charge in [0.05, 0.1) is 23.2 Å². The van der Waals surface area contributed by atoms with Crippen LogP contribution in [0.15, 0.2) is 12.3 Å². The Balaban J connectivity index is 2.24. The van der Waals surface area contributed by atoms with Crippen LogP contribution in [0.5, 0.6) is 0 Å². The molecule has 0 N–H and O–H groups in total. The summed E-state index contributed by atoms with van der Waals surface area (Å²) in [6.07, 6.45) is 1.22. The molecule has 0 spiro atoms. The summed E-state index contributed by atoms with van der Waals surface area (Å²) in [5.41, 5.74) is -0.0954. The smallest absolute Gasteiger partial charge is 0.289 e. The molecule has 86 valence electrons. The predicted molar refractivity (Wildman–Crippen MR) is 58.9 cm³/mol. The third kappa shape index (κ3) is 2.23. The molecule has 7 heteroatoms. The number of anilines is 1. The van der Waals surface area contributed by atoms with Gasteiger partial charge in [-0.15, -0.1) is 0 Å². The highest BCUT2D eigenvalue weighted by molar-refractivity contribution is 6.33. The summed E-state index contributed by atoms with van der Waals surface area (Å²) in [6, 6.07) is 1.32. The minimum Gasteiger partial charge on any atom is -0.378 e. The minimum absolute atomic E-state index is 0.0954. The fraction of sp³-hybridized carbons (Fsp3) is 0.444. The van der Waals surface area contributed by atoms with Crippen molar-refractivity contribution in [3.8, 4) is 0 Å². The van der Waals surface area contributed by atoms with Gasteiger partial charge in [-0.3, -0.25) is 10.1 Å². The van der Waals surface area contributed by atoms with Crippen LogP contribution in [0.25, 0.3) is 0 Å². The molecule has 1 aliphatic rings. The highest BCUT2D eigenvalue weighted by atomic mass is 35.5. The molecule has 2 rings (SSSR count). The second kappa shape index (κ2) is 4.63. The molecule has 0 saturated carbocycles. The molecule has 6 nitrogen and oxygen atoms in total. The lowest BCUT2D eigenvalue weighted by molar-refractivity contribution is -0.385. The highest BCUT2D eigenvalue weighted by Gasteiger charge is 2.18. The van der Waals surface area contributed by atoms with E-state index in [1.807, 2.05) is 4.90 Å². The van der Waals surface area contributed by atoms with Crippen LogP contribution >= 0.6 is 11.6 Å². The minimum atomic E-state index is -0.512. The van der Waals surface area contributed by atoms with Gasteiger partial charge in [0.25, 0.3) is 5.69 Å². The molecule has 1 saturated heterocycles. The van der Waals surface area contributed by atoms with Crippen LogP contribution in [0, 0.1) is 10.1 Å². The zero-order valence-electron chi connectivity index (χ0n) is 8.43. The van der Waals surface area contributed by atoms with Gasteiger partial charge in [-0.05, 0) is 0 Å². The number of morpholine rings is 1. The molecule has 1 fully saturated rings. The van der Waals surface area contributed by atoms with E-state index in [-0.39, 0.29) is 5.69 Å². The molecule has 1 aromatic rings. The number of hydrogen-bond acceptors (Lipinski definition) is 5. The van der Waals surface area contributed by atoms with E-state index in [0.717, 1.165) is 0 Å². The van der Waals surface area contributed by atoms with Crippen LogP contribution in [-0.4, -0.2) is 36.2 Å². The van der Waals surface area contributed by atoms with Crippen molar-refractivity contribution in [1.29, 1.82) is 0 Å². The van der Waals surface area contributed by atoms with Crippen LogP contribution in [0.4, 0.5) is 11.5 Å². The Morgan fingerprint density at radius 3 is 2.75 bits per heavy atom. The van der Waals surface area contributed by atoms with Crippen LogP contribution in [0.2, 0.25) is 5.02 Å². The van der Waals surface area contributed by atoms with Crippen LogP contribution in [0.3, 0.4) is 0 Å². The van der Waals surface area contributed by atoms with Gasteiger partial charge in [-0.1, -0.05) is 11.6 Å². The zero-order chi connectivity index (χ0) is 11.5. The summed E-state index contributed by atoms with van der Waals surface area (Å²) >= 11 is 5.96. The van der Waals surface area contributed by atoms with Gasteiger partial charge in [0.2, 0.25) is 0 Å². The summed E-state index contributed by atoms with van der Waals surface area (Å²) in [6.45, 7) is 2.64. The quantitative estimate of drug-likeness (QED) is 0.581. The number of pyridine rings is 1. The molecule has 0 atom stereocenters. The predicted octanol–water partition coefficient (Wildman–Crippen LogP) is 1.48. The van der Waals surface area contributed by atoms with Crippen molar-refractivity contribution in [3.05, 3.63) is 27.4 Å². The Labute approximate surface area is 96.9 Å². The topological polar surface area (TPSA) is 68.5 Å². The first-order valence-electron chi connectivity index (χ1n) is 4.81. The first-order valence-corrected chi connectivity index (χ1v) is 5.19. The van der Waals surface area contributed by atoms with Crippen molar-refractivity contribution in [2.75, 3.05) is 31.2 Å². The largest absolute Gasteiger partial charge is 0.378 e. The maximum Gasteiger partial charge on any atom is 0.289 e. The van der Waals surface area contributed by atoms with Crippen molar-refractivity contribution in [1.82, 2.24) is 4.98 Å². The van der Waals surface area contributed by atoms with E-state index < -0.39 is 4.92 Å². The van der Waals surface area contributed by atoms with E-state index in [1.165, 1.54) is 12.3 Å². The first-order chi connectivity index (χ1) is 7.68. The fourth-order valence-corrected chi connectivity index (χ4v) is 1.81. The van der Waals surface area contributed by atoms with Crippen molar-refractivity contribution in [3.63, 3.8) is 0 Å². The molecule has 0 unspecified atom stereocenters. The second-order valence-electron chi connectivity index (χ2n) is 3.36. The first kappa shape index (κ1) is 11.1. The average Bonchev–Trinajstić information content (AvgIpc) is 2.30. The molecular formula is C9H10ClN3O3. The number of nitro groups is 1. The summed E-state index contributed by atoms with van der Waals surface area (Å²) in [5.74, 6) is 0.579. The molecule has 1 aromatic heterocycles. The van der Waals surface area contributed by atoms with Crippen molar-refractivity contribution in [2.45, 2.75) is 0 Å². The van der Waals surface area contributed by atoms with Gasteiger partial charge in [0.1, 0.15) is 12.0 Å². The number of aromatic nitrogens is 1.